The summed E-state index contributed by atoms with van der Waals surface area (Å²) < 4.78 is 0. The Bertz CT molecular complexity index is 433. The summed E-state index contributed by atoms with van der Waals surface area (Å²) in [7, 11) is 0. The van der Waals surface area contributed by atoms with Crippen molar-refractivity contribution in [3.8, 4) is 0 Å². The van der Waals surface area contributed by atoms with Gasteiger partial charge in [-0.15, -0.1) is 0 Å². The normalized spacial score (nSPS) is 11.0. The molecule has 0 heterocycles. The molecule has 0 aliphatic carbocycles. The molecule has 1 aromatic rings. The van der Waals surface area contributed by atoms with Gasteiger partial charge in [0.25, 0.3) is 0 Å². The van der Waals surface area contributed by atoms with Gasteiger partial charge in [-0.3, -0.25) is 0 Å². The summed E-state index contributed by atoms with van der Waals surface area (Å²) in [6.45, 7) is 11.2. The van der Waals surface area contributed by atoms with Crippen LogP contribution < -0.4 is 0 Å². The van der Waals surface area contributed by atoms with E-state index in [9.17, 15) is 0 Å². The summed E-state index contributed by atoms with van der Waals surface area (Å²) in [4.78, 5) is 0. The Morgan fingerprint density at radius 2 is 1.67 bits per heavy atom. The van der Waals surface area contributed by atoms with Gasteiger partial charge in [-0.1, -0.05) is 75.8 Å². The van der Waals surface area contributed by atoms with E-state index >= 15 is 0 Å². The standard InChI is InChI=1S/C21H34/c1-17(2)11-9-7-6-8-10-12-20-14-13-19(5)21(16-20)15-18(3)4/h13-17H,6-12H2,1-5H3. The molecule has 0 spiro atoms. The number of hydrogen-bond donors (Lipinski definition) is 0. The topological polar surface area (TPSA) is 0 Å². The van der Waals surface area contributed by atoms with Gasteiger partial charge in [-0.2, -0.15) is 0 Å². The highest BCUT2D eigenvalue weighted by molar-refractivity contribution is 5.56. The van der Waals surface area contributed by atoms with Crippen LogP contribution >= 0.6 is 0 Å². The molecule has 0 unspecified atom stereocenters. The van der Waals surface area contributed by atoms with E-state index in [-0.39, 0.29) is 0 Å². The summed E-state index contributed by atoms with van der Waals surface area (Å²) in [5.74, 6) is 0.867. The molecular weight excluding hydrogens is 252 g/mol. The molecule has 0 N–H and O–H groups in total. The molecular formula is C21H34. The molecule has 1 rings (SSSR count). The summed E-state index contributed by atoms with van der Waals surface area (Å²) >= 11 is 0. The minimum absolute atomic E-state index is 0.867. The fraction of sp³-hybridized carbons (Fsp3) is 0.619. The minimum atomic E-state index is 0.867. The number of benzene rings is 1. The van der Waals surface area contributed by atoms with Crippen LogP contribution in [-0.2, 0) is 6.42 Å². The smallest absolute Gasteiger partial charge is 0.0225 e. The molecule has 0 atom stereocenters. The summed E-state index contributed by atoms with van der Waals surface area (Å²) in [6, 6.07) is 6.95. The maximum atomic E-state index is 2.38. The van der Waals surface area contributed by atoms with Gasteiger partial charge in [0.05, 0.1) is 0 Å². The van der Waals surface area contributed by atoms with Crippen molar-refractivity contribution in [2.45, 2.75) is 79.6 Å². The van der Waals surface area contributed by atoms with Crippen LogP contribution in [0.15, 0.2) is 23.8 Å². The van der Waals surface area contributed by atoms with Crippen molar-refractivity contribution in [3.63, 3.8) is 0 Å². The number of hydrogen-bond acceptors (Lipinski definition) is 0. The zero-order chi connectivity index (χ0) is 15.7. The summed E-state index contributed by atoms with van der Waals surface area (Å²) in [5, 5.41) is 0. The maximum Gasteiger partial charge on any atom is -0.0225 e. The molecule has 118 valence electrons. The Labute approximate surface area is 132 Å². The number of allylic oxidation sites excluding steroid dienone is 1. The van der Waals surface area contributed by atoms with Crippen LogP contribution in [-0.4, -0.2) is 0 Å². The third-order valence-electron chi connectivity index (χ3n) is 4.03. The fourth-order valence-corrected chi connectivity index (χ4v) is 2.72. The zero-order valence-corrected chi connectivity index (χ0v) is 14.8. The second-order valence-electron chi connectivity index (χ2n) is 7.11. The van der Waals surface area contributed by atoms with Crippen LogP contribution in [0.25, 0.3) is 6.08 Å². The van der Waals surface area contributed by atoms with E-state index in [1.165, 1.54) is 67.2 Å². The van der Waals surface area contributed by atoms with E-state index in [0.29, 0.717) is 0 Å². The van der Waals surface area contributed by atoms with E-state index in [1.54, 1.807) is 0 Å². The monoisotopic (exact) mass is 286 g/mol. The highest BCUT2D eigenvalue weighted by Gasteiger charge is 2.00. The second-order valence-corrected chi connectivity index (χ2v) is 7.11. The van der Waals surface area contributed by atoms with Crippen LogP contribution in [0.3, 0.4) is 0 Å². The predicted octanol–water partition coefficient (Wildman–Crippen LogP) is 6.96. The van der Waals surface area contributed by atoms with Crippen molar-refractivity contribution < 1.29 is 0 Å². The Morgan fingerprint density at radius 3 is 2.33 bits per heavy atom. The van der Waals surface area contributed by atoms with Gasteiger partial charge in [-0.25, -0.2) is 0 Å². The number of aryl methyl sites for hydroxylation is 2. The van der Waals surface area contributed by atoms with Gasteiger partial charge in [0.2, 0.25) is 0 Å². The van der Waals surface area contributed by atoms with Crippen LogP contribution in [0.2, 0.25) is 0 Å². The highest BCUT2D eigenvalue weighted by atomic mass is 14.1. The number of rotatable bonds is 9. The lowest BCUT2D eigenvalue weighted by Gasteiger charge is -2.07. The van der Waals surface area contributed by atoms with Gasteiger partial charge in [0.1, 0.15) is 0 Å². The zero-order valence-electron chi connectivity index (χ0n) is 14.8. The molecule has 0 nitrogen and oxygen atoms in total. The average molecular weight is 287 g/mol. The summed E-state index contributed by atoms with van der Waals surface area (Å²) in [6.07, 6.45) is 11.9. The van der Waals surface area contributed by atoms with Gasteiger partial charge >= 0.3 is 0 Å². The van der Waals surface area contributed by atoms with Crippen molar-refractivity contribution >= 4 is 6.08 Å². The SMILES string of the molecule is CC(C)=Cc1cc(CCCCCCCC(C)C)ccc1C. The first kappa shape index (κ1) is 18.0. The van der Waals surface area contributed by atoms with Crippen LogP contribution in [0.4, 0.5) is 0 Å². The molecule has 0 aliphatic rings. The van der Waals surface area contributed by atoms with E-state index in [0.717, 1.165) is 5.92 Å². The van der Waals surface area contributed by atoms with Gasteiger partial charge in [0, 0.05) is 0 Å². The third kappa shape index (κ3) is 8.09. The molecule has 0 aromatic heterocycles. The predicted molar refractivity (Wildman–Crippen MR) is 96.7 cm³/mol. The first-order valence-corrected chi connectivity index (χ1v) is 8.73. The molecule has 21 heavy (non-hydrogen) atoms. The molecule has 0 amide bonds. The van der Waals surface area contributed by atoms with Crippen molar-refractivity contribution in [2.75, 3.05) is 0 Å². The van der Waals surface area contributed by atoms with E-state index in [1.807, 2.05) is 0 Å². The van der Waals surface area contributed by atoms with Gasteiger partial charge < -0.3 is 0 Å². The first-order chi connectivity index (χ1) is 9.99. The van der Waals surface area contributed by atoms with Crippen molar-refractivity contribution in [2.24, 2.45) is 5.92 Å². The Hall–Kier alpha value is -1.04. The van der Waals surface area contributed by atoms with Crippen molar-refractivity contribution in [1.82, 2.24) is 0 Å². The third-order valence-corrected chi connectivity index (χ3v) is 4.03. The minimum Gasteiger partial charge on any atom is -0.0758 e. The van der Waals surface area contributed by atoms with Crippen LogP contribution in [0.5, 0.6) is 0 Å². The lowest BCUT2D eigenvalue weighted by atomic mass is 9.99. The lowest BCUT2D eigenvalue weighted by Crippen LogP contribution is -1.91. The van der Waals surface area contributed by atoms with E-state index in [4.69, 9.17) is 0 Å². The number of unbranched alkanes of at least 4 members (excludes halogenated alkanes) is 4. The Morgan fingerprint density at radius 1 is 1.00 bits per heavy atom. The van der Waals surface area contributed by atoms with Gasteiger partial charge in [0.15, 0.2) is 0 Å². The fourth-order valence-electron chi connectivity index (χ4n) is 2.72. The molecule has 0 heteroatoms. The Balaban J connectivity index is 2.31. The second kappa shape index (κ2) is 9.82. The maximum absolute atomic E-state index is 2.38. The quantitative estimate of drug-likeness (QED) is 0.430. The lowest BCUT2D eigenvalue weighted by molar-refractivity contribution is 0.515. The van der Waals surface area contributed by atoms with Gasteiger partial charge in [-0.05, 0) is 56.2 Å². The van der Waals surface area contributed by atoms with Crippen LogP contribution in [0.1, 0.15) is 82.9 Å². The van der Waals surface area contributed by atoms with Crippen molar-refractivity contribution in [3.05, 3.63) is 40.5 Å². The molecule has 0 bridgehead atoms. The molecule has 0 aliphatic heterocycles. The molecule has 0 saturated carbocycles. The molecule has 0 radical (unpaired) electrons. The Kier molecular flexibility index (Phi) is 8.42. The molecule has 0 saturated heterocycles. The highest BCUT2D eigenvalue weighted by Crippen LogP contribution is 2.17. The van der Waals surface area contributed by atoms with E-state index < -0.39 is 0 Å². The largest absolute Gasteiger partial charge is 0.0758 e. The van der Waals surface area contributed by atoms with Crippen molar-refractivity contribution in [1.29, 1.82) is 0 Å². The molecule has 0 fully saturated rings. The molecule has 1 aromatic carbocycles. The van der Waals surface area contributed by atoms with Crippen LogP contribution in [0, 0.1) is 12.8 Å². The average Bonchev–Trinajstić information content (AvgIpc) is 2.40. The van der Waals surface area contributed by atoms with E-state index in [2.05, 4.69) is 58.9 Å². The summed E-state index contributed by atoms with van der Waals surface area (Å²) in [5.41, 5.74) is 5.65. The first-order valence-electron chi connectivity index (χ1n) is 8.73.